The van der Waals surface area contributed by atoms with Gasteiger partial charge in [0.1, 0.15) is 0 Å². The van der Waals surface area contributed by atoms with Gasteiger partial charge in [0.05, 0.1) is 12.7 Å². The summed E-state index contributed by atoms with van der Waals surface area (Å²) in [4.78, 5) is 10.3. The van der Waals surface area contributed by atoms with Crippen molar-refractivity contribution in [3.8, 4) is 0 Å². The first-order valence-corrected chi connectivity index (χ1v) is 19.6. The number of aliphatic hydroxyl groups excluding tert-OH is 3. The average molecular weight is 631 g/mol. The number of aliphatic hydroxyl groups is 3. The molecule has 0 aliphatic carbocycles. The normalized spacial score (nSPS) is 11.4. The van der Waals surface area contributed by atoms with E-state index in [0.29, 0.717) is 13.0 Å². The zero-order chi connectivity index (χ0) is 33.2. The van der Waals surface area contributed by atoms with Gasteiger partial charge in [0.15, 0.2) is 0 Å². The minimum absolute atomic E-state index is 0.139. The third-order valence-electron chi connectivity index (χ3n) is 8.27. The standard InChI is InChI=1S/C18H36O2.C18H38O.C3H8O2/c1-2-3-4-5-6-7-8-9-10-11-12-13-14-15-16-17-18(19)20;1-2-3-4-5-6-7-8-9-10-11-12-13-14-15-16-17-18-19;1-3(5)2-4/h2-17H2,1H3,(H,19,20);19H,2-18H2,1H3;3-5H,2H2,1H3. The smallest absolute Gasteiger partial charge is 0.303 e. The zero-order valence-corrected chi connectivity index (χ0v) is 30.3. The van der Waals surface area contributed by atoms with Crippen LogP contribution in [0.3, 0.4) is 0 Å². The minimum atomic E-state index is -0.653. The van der Waals surface area contributed by atoms with Gasteiger partial charge in [-0.3, -0.25) is 4.79 Å². The van der Waals surface area contributed by atoms with Gasteiger partial charge in [-0.1, -0.05) is 200 Å². The fraction of sp³-hybridized carbons (Fsp3) is 0.974. The lowest BCUT2D eigenvalue weighted by Crippen LogP contribution is -2.03. The minimum Gasteiger partial charge on any atom is -0.481 e. The lowest BCUT2D eigenvalue weighted by molar-refractivity contribution is -0.137. The van der Waals surface area contributed by atoms with Gasteiger partial charge in [-0.2, -0.15) is 0 Å². The fourth-order valence-corrected chi connectivity index (χ4v) is 5.31. The quantitative estimate of drug-likeness (QED) is 0.0541. The van der Waals surface area contributed by atoms with Crippen molar-refractivity contribution in [2.24, 2.45) is 0 Å². The third-order valence-corrected chi connectivity index (χ3v) is 8.27. The van der Waals surface area contributed by atoms with Crippen LogP contribution in [0, 0.1) is 0 Å². The molecule has 0 spiro atoms. The number of hydrogen-bond acceptors (Lipinski definition) is 4. The molecule has 0 rings (SSSR count). The summed E-state index contributed by atoms with van der Waals surface area (Å²) in [5, 5.41) is 33.2. The summed E-state index contributed by atoms with van der Waals surface area (Å²) < 4.78 is 0. The van der Waals surface area contributed by atoms with Crippen molar-refractivity contribution in [3.05, 3.63) is 0 Å². The third kappa shape index (κ3) is 57.1. The molecule has 0 radical (unpaired) electrons. The van der Waals surface area contributed by atoms with Crippen molar-refractivity contribution >= 4 is 5.97 Å². The molecule has 0 heterocycles. The Hall–Kier alpha value is -0.650. The van der Waals surface area contributed by atoms with Crippen molar-refractivity contribution in [3.63, 3.8) is 0 Å². The van der Waals surface area contributed by atoms with Crippen LogP contribution in [0.2, 0.25) is 0 Å². The van der Waals surface area contributed by atoms with E-state index in [-0.39, 0.29) is 6.61 Å². The SMILES string of the molecule is CC(O)CO.CCCCCCCCCCCCCCCCCC(=O)O.CCCCCCCCCCCCCCCCCCO. The predicted octanol–water partition coefficient (Wildman–Crippen LogP) is 11.9. The molecule has 5 heteroatoms. The van der Waals surface area contributed by atoms with Gasteiger partial charge in [0.25, 0.3) is 0 Å². The van der Waals surface area contributed by atoms with Crippen LogP contribution in [-0.4, -0.2) is 45.7 Å². The van der Waals surface area contributed by atoms with Crippen molar-refractivity contribution in [2.75, 3.05) is 13.2 Å². The molecule has 0 aliphatic heterocycles. The Kier molecular flexibility index (Phi) is 50.8. The van der Waals surface area contributed by atoms with E-state index in [9.17, 15) is 4.79 Å². The van der Waals surface area contributed by atoms with Crippen LogP contribution in [-0.2, 0) is 4.79 Å². The highest BCUT2D eigenvalue weighted by molar-refractivity contribution is 5.66. The van der Waals surface area contributed by atoms with E-state index in [1.165, 1.54) is 187 Å². The summed E-state index contributed by atoms with van der Waals surface area (Å²) in [5.41, 5.74) is 0. The van der Waals surface area contributed by atoms with Crippen LogP contribution < -0.4 is 0 Å². The summed E-state index contributed by atoms with van der Waals surface area (Å²) in [7, 11) is 0. The molecule has 0 aliphatic rings. The highest BCUT2D eigenvalue weighted by atomic mass is 16.4. The molecule has 0 aromatic heterocycles. The Labute approximate surface area is 276 Å². The van der Waals surface area contributed by atoms with Gasteiger partial charge in [-0.15, -0.1) is 0 Å². The number of carboxylic acids is 1. The Morgan fingerprint density at radius 2 is 0.636 bits per heavy atom. The Bertz CT molecular complexity index is 467. The van der Waals surface area contributed by atoms with E-state index in [1.807, 2.05) is 0 Å². The summed E-state index contributed by atoms with van der Waals surface area (Å²) >= 11 is 0. The number of unbranched alkanes of at least 4 members (excludes halogenated alkanes) is 29. The van der Waals surface area contributed by atoms with Crippen molar-refractivity contribution in [1.29, 1.82) is 0 Å². The lowest BCUT2D eigenvalue weighted by atomic mass is 10.0. The maximum Gasteiger partial charge on any atom is 0.303 e. The first-order valence-electron chi connectivity index (χ1n) is 19.6. The highest BCUT2D eigenvalue weighted by Gasteiger charge is 1.97. The number of hydrogen-bond donors (Lipinski definition) is 4. The number of rotatable bonds is 33. The first kappa shape index (κ1) is 47.8. The van der Waals surface area contributed by atoms with Gasteiger partial charge in [-0.25, -0.2) is 0 Å². The van der Waals surface area contributed by atoms with Crippen LogP contribution in [0.15, 0.2) is 0 Å². The molecule has 0 bridgehead atoms. The maximum atomic E-state index is 10.3. The summed E-state index contributed by atoms with van der Waals surface area (Å²) in [5.74, 6) is -0.653. The van der Waals surface area contributed by atoms with E-state index < -0.39 is 12.1 Å². The van der Waals surface area contributed by atoms with Crippen LogP contribution >= 0.6 is 0 Å². The molecule has 0 saturated heterocycles. The largest absolute Gasteiger partial charge is 0.481 e. The molecule has 5 nitrogen and oxygen atoms in total. The van der Waals surface area contributed by atoms with E-state index >= 15 is 0 Å². The van der Waals surface area contributed by atoms with Gasteiger partial charge < -0.3 is 20.4 Å². The second-order valence-corrected chi connectivity index (χ2v) is 13.2. The molecule has 0 aromatic rings. The molecule has 0 fully saturated rings. The second-order valence-electron chi connectivity index (χ2n) is 13.2. The molecule has 0 aromatic carbocycles. The van der Waals surface area contributed by atoms with Crippen LogP contribution in [0.4, 0.5) is 0 Å². The fourth-order valence-electron chi connectivity index (χ4n) is 5.31. The summed E-state index contributed by atoms with van der Waals surface area (Å²) in [6.45, 7) is 6.32. The van der Waals surface area contributed by atoms with Crippen molar-refractivity contribution in [1.82, 2.24) is 0 Å². The van der Waals surface area contributed by atoms with Gasteiger partial charge in [0.2, 0.25) is 0 Å². The van der Waals surface area contributed by atoms with Crippen molar-refractivity contribution in [2.45, 2.75) is 232 Å². The van der Waals surface area contributed by atoms with Crippen molar-refractivity contribution < 1.29 is 25.2 Å². The molecule has 4 N–H and O–H groups in total. The molecule has 1 atom stereocenters. The lowest BCUT2D eigenvalue weighted by Gasteiger charge is -2.03. The average Bonchev–Trinajstić information content (AvgIpc) is 3.01. The van der Waals surface area contributed by atoms with Gasteiger partial charge >= 0.3 is 5.97 Å². The molecule has 44 heavy (non-hydrogen) atoms. The second kappa shape index (κ2) is 46.8. The summed E-state index contributed by atoms with van der Waals surface area (Å²) in [6.07, 6.45) is 41.8. The Balaban J connectivity index is -0.000000662. The number of aliphatic carboxylic acids is 1. The zero-order valence-electron chi connectivity index (χ0n) is 30.3. The van der Waals surface area contributed by atoms with Crippen LogP contribution in [0.5, 0.6) is 0 Å². The monoisotopic (exact) mass is 631 g/mol. The maximum absolute atomic E-state index is 10.3. The van der Waals surface area contributed by atoms with E-state index in [4.69, 9.17) is 20.4 Å². The van der Waals surface area contributed by atoms with E-state index in [2.05, 4.69) is 13.8 Å². The molecular formula is C39H82O5. The topological polar surface area (TPSA) is 98.0 Å². The molecule has 268 valence electrons. The molecule has 0 amide bonds. The first-order chi connectivity index (χ1) is 21.5. The van der Waals surface area contributed by atoms with E-state index in [0.717, 1.165) is 19.3 Å². The van der Waals surface area contributed by atoms with Gasteiger partial charge in [-0.05, 0) is 19.8 Å². The Morgan fingerprint density at radius 1 is 0.432 bits per heavy atom. The predicted molar refractivity (Wildman–Crippen MR) is 193 cm³/mol. The van der Waals surface area contributed by atoms with Crippen LogP contribution in [0.1, 0.15) is 226 Å². The van der Waals surface area contributed by atoms with Gasteiger partial charge in [0, 0.05) is 13.0 Å². The molecule has 1 unspecified atom stereocenters. The van der Waals surface area contributed by atoms with E-state index in [1.54, 1.807) is 0 Å². The number of carboxylic acid groups (broad SMARTS) is 1. The Morgan fingerprint density at radius 3 is 0.818 bits per heavy atom. The number of carbonyl (C=O) groups is 1. The molecule has 0 saturated carbocycles. The molecular weight excluding hydrogens is 548 g/mol. The van der Waals surface area contributed by atoms with Crippen LogP contribution in [0.25, 0.3) is 0 Å². The summed E-state index contributed by atoms with van der Waals surface area (Å²) in [6, 6.07) is 0. The highest BCUT2D eigenvalue weighted by Crippen LogP contribution is 2.15.